The summed E-state index contributed by atoms with van der Waals surface area (Å²) in [4.78, 5) is 33.8. The second kappa shape index (κ2) is 8.71. The van der Waals surface area contributed by atoms with Crippen LogP contribution in [0.25, 0.3) is 22.4 Å². The smallest absolute Gasteiger partial charge is 0.270 e. The molecule has 5 rings (SSSR count). The van der Waals surface area contributed by atoms with Crippen LogP contribution >= 0.6 is 0 Å². The zero-order valence-electron chi connectivity index (χ0n) is 17.7. The van der Waals surface area contributed by atoms with Crippen LogP contribution in [0.5, 0.6) is 0 Å². The molecule has 0 radical (unpaired) electrons. The van der Waals surface area contributed by atoms with E-state index in [1.165, 1.54) is 12.1 Å². The van der Waals surface area contributed by atoms with Gasteiger partial charge in [-0.2, -0.15) is 0 Å². The van der Waals surface area contributed by atoms with Gasteiger partial charge in [0, 0.05) is 36.5 Å². The molecule has 0 atom stereocenters. The fourth-order valence-corrected chi connectivity index (χ4v) is 3.90. The molecule has 166 valence electrons. The predicted octanol–water partition coefficient (Wildman–Crippen LogP) is 4.23. The van der Waals surface area contributed by atoms with Crippen LogP contribution in [0.2, 0.25) is 0 Å². The highest BCUT2D eigenvalue weighted by molar-refractivity contribution is 6.08. The number of aromatic nitrogens is 2. The number of ether oxygens (including phenoxy) is 1. The number of nitro groups is 1. The molecule has 9 nitrogen and oxygen atoms in total. The lowest BCUT2D eigenvalue weighted by Gasteiger charge is -2.30. The number of morpholine rings is 1. The standard InChI is InChI=1S/C24H21N5O4/c30-24(19-15-18(29(31)32)9-10-22(19)28-11-13-33-14-12-28)25-17-7-5-16(6-8-17)23-26-20-3-1-2-4-21(20)27-23/h1-10,15H,11-14H2,(H,25,30)(H,26,27). The molecule has 0 aliphatic carbocycles. The Hall–Kier alpha value is -4.24. The van der Waals surface area contributed by atoms with Crippen molar-refractivity contribution in [2.24, 2.45) is 0 Å². The van der Waals surface area contributed by atoms with E-state index in [9.17, 15) is 14.9 Å². The van der Waals surface area contributed by atoms with Gasteiger partial charge in [-0.15, -0.1) is 0 Å². The van der Waals surface area contributed by atoms with Crippen LogP contribution in [0, 0.1) is 10.1 Å². The van der Waals surface area contributed by atoms with E-state index in [1.54, 1.807) is 18.2 Å². The number of hydrogen-bond acceptors (Lipinski definition) is 6. The molecular formula is C24H21N5O4. The van der Waals surface area contributed by atoms with Crippen LogP contribution in [0.15, 0.2) is 66.7 Å². The zero-order valence-corrected chi connectivity index (χ0v) is 17.7. The number of amides is 1. The van der Waals surface area contributed by atoms with Crippen molar-refractivity contribution in [3.8, 4) is 11.4 Å². The first-order chi connectivity index (χ1) is 16.1. The molecule has 1 aliphatic rings. The number of anilines is 2. The first kappa shape index (κ1) is 20.7. The van der Waals surface area contributed by atoms with E-state index in [0.717, 1.165) is 22.4 Å². The zero-order chi connectivity index (χ0) is 22.8. The fourth-order valence-electron chi connectivity index (χ4n) is 3.90. The quantitative estimate of drug-likeness (QED) is 0.353. The Bertz CT molecular complexity index is 1290. The third kappa shape index (κ3) is 4.26. The number of nitrogens with one attached hydrogen (secondary N) is 2. The second-order valence-electron chi connectivity index (χ2n) is 7.69. The van der Waals surface area contributed by atoms with Gasteiger partial charge in [0.05, 0.1) is 40.4 Å². The summed E-state index contributed by atoms with van der Waals surface area (Å²) in [6.07, 6.45) is 0. The summed E-state index contributed by atoms with van der Waals surface area (Å²) >= 11 is 0. The number of carbonyl (C=O) groups excluding carboxylic acids is 1. The molecule has 2 heterocycles. The molecule has 3 aromatic carbocycles. The van der Waals surface area contributed by atoms with Gasteiger partial charge in [-0.25, -0.2) is 4.98 Å². The average molecular weight is 443 g/mol. The van der Waals surface area contributed by atoms with Crippen LogP contribution < -0.4 is 10.2 Å². The van der Waals surface area contributed by atoms with Gasteiger partial charge in [-0.1, -0.05) is 12.1 Å². The maximum atomic E-state index is 13.1. The number of nitro benzene ring substituents is 1. The highest BCUT2D eigenvalue weighted by Gasteiger charge is 2.22. The number of aromatic amines is 1. The number of imidazole rings is 1. The summed E-state index contributed by atoms with van der Waals surface area (Å²) in [5.41, 5.74) is 4.08. The molecule has 1 aromatic heterocycles. The summed E-state index contributed by atoms with van der Waals surface area (Å²) in [6, 6.07) is 19.5. The third-order valence-corrected chi connectivity index (χ3v) is 5.59. The lowest BCUT2D eigenvalue weighted by atomic mass is 10.1. The molecule has 1 amide bonds. The van der Waals surface area contributed by atoms with Gasteiger partial charge >= 0.3 is 0 Å². The number of rotatable bonds is 5. The van der Waals surface area contributed by atoms with Crippen LogP contribution in [-0.4, -0.2) is 47.1 Å². The Labute approximate surface area is 189 Å². The van der Waals surface area contributed by atoms with Crippen molar-refractivity contribution in [2.45, 2.75) is 0 Å². The molecular weight excluding hydrogens is 422 g/mol. The lowest BCUT2D eigenvalue weighted by molar-refractivity contribution is -0.384. The topological polar surface area (TPSA) is 113 Å². The van der Waals surface area contributed by atoms with E-state index < -0.39 is 10.8 Å². The molecule has 0 bridgehead atoms. The van der Waals surface area contributed by atoms with Crippen molar-refractivity contribution >= 4 is 34.0 Å². The summed E-state index contributed by atoms with van der Waals surface area (Å²) in [7, 11) is 0. The number of fused-ring (bicyclic) bond motifs is 1. The van der Waals surface area contributed by atoms with Gasteiger partial charge in [0.1, 0.15) is 5.82 Å². The Morgan fingerprint density at radius 3 is 2.55 bits per heavy atom. The van der Waals surface area contributed by atoms with Gasteiger partial charge in [-0.3, -0.25) is 14.9 Å². The van der Waals surface area contributed by atoms with E-state index in [1.807, 2.05) is 41.3 Å². The van der Waals surface area contributed by atoms with Crippen molar-refractivity contribution in [2.75, 3.05) is 36.5 Å². The summed E-state index contributed by atoms with van der Waals surface area (Å²) < 4.78 is 5.39. The van der Waals surface area contributed by atoms with Crippen LogP contribution in [0.4, 0.5) is 17.1 Å². The molecule has 33 heavy (non-hydrogen) atoms. The largest absolute Gasteiger partial charge is 0.378 e. The molecule has 0 spiro atoms. The number of carbonyl (C=O) groups is 1. The van der Waals surface area contributed by atoms with Crippen molar-refractivity contribution < 1.29 is 14.5 Å². The molecule has 1 saturated heterocycles. The Morgan fingerprint density at radius 2 is 1.82 bits per heavy atom. The van der Waals surface area contributed by atoms with Gasteiger partial charge in [0.15, 0.2) is 0 Å². The van der Waals surface area contributed by atoms with Crippen molar-refractivity contribution in [3.63, 3.8) is 0 Å². The van der Waals surface area contributed by atoms with Gasteiger partial charge < -0.3 is 19.9 Å². The SMILES string of the molecule is O=C(Nc1ccc(-c2nc3ccccc3[nH]2)cc1)c1cc([N+](=O)[O-])ccc1N1CCOCC1. The predicted molar refractivity (Wildman–Crippen MR) is 126 cm³/mol. The van der Waals surface area contributed by atoms with Gasteiger partial charge in [0.2, 0.25) is 0 Å². The van der Waals surface area contributed by atoms with Gasteiger partial charge in [-0.05, 0) is 42.5 Å². The van der Waals surface area contributed by atoms with Crippen LogP contribution in [0.1, 0.15) is 10.4 Å². The summed E-state index contributed by atoms with van der Waals surface area (Å²) in [6.45, 7) is 2.32. The number of H-pyrrole nitrogens is 1. The lowest BCUT2D eigenvalue weighted by Crippen LogP contribution is -2.37. The van der Waals surface area contributed by atoms with Crippen molar-refractivity contribution in [1.29, 1.82) is 0 Å². The molecule has 1 fully saturated rings. The van der Waals surface area contributed by atoms with E-state index in [2.05, 4.69) is 15.3 Å². The summed E-state index contributed by atoms with van der Waals surface area (Å²) in [5.74, 6) is 0.332. The number of nitrogens with zero attached hydrogens (tertiary/aromatic N) is 3. The first-order valence-electron chi connectivity index (χ1n) is 10.6. The molecule has 0 unspecified atom stereocenters. The number of hydrogen-bond donors (Lipinski definition) is 2. The highest BCUT2D eigenvalue weighted by Crippen LogP contribution is 2.28. The summed E-state index contributed by atoms with van der Waals surface area (Å²) in [5, 5.41) is 14.1. The van der Waals surface area contributed by atoms with E-state index in [-0.39, 0.29) is 11.3 Å². The fraction of sp³-hybridized carbons (Fsp3) is 0.167. The molecule has 9 heteroatoms. The molecule has 1 aliphatic heterocycles. The normalized spacial score (nSPS) is 13.8. The minimum atomic E-state index is -0.498. The monoisotopic (exact) mass is 443 g/mol. The second-order valence-corrected chi connectivity index (χ2v) is 7.69. The maximum Gasteiger partial charge on any atom is 0.270 e. The number of non-ortho nitro benzene ring substituents is 1. The Balaban J connectivity index is 1.39. The maximum absolute atomic E-state index is 13.1. The van der Waals surface area contributed by atoms with E-state index in [4.69, 9.17) is 4.74 Å². The number of benzene rings is 3. The van der Waals surface area contributed by atoms with Gasteiger partial charge in [0.25, 0.3) is 11.6 Å². The Morgan fingerprint density at radius 1 is 1.06 bits per heavy atom. The average Bonchev–Trinajstić information content (AvgIpc) is 3.29. The van der Waals surface area contributed by atoms with E-state index in [0.29, 0.717) is 37.7 Å². The minimum Gasteiger partial charge on any atom is -0.378 e. The van der Waals surface area contributed by atoms with Crippen LogP contribution in [-0.2, 0) is 4.74 Å². The van der Waals surface area contributed by atoms with Crippen LogP contribution in [0.3, 0.4) is 0 Å². The Kier molecular flexibility index (Phi) is 5.45. The highest BCUT2D eigenvalue weighted by atomic mass is 16.6. The third-order valence-electron chi connectivity index (χ3n) is 5.59. The van der Waals surface area contributed by atoms with Crippen molar-refractivity contribution in [1.82, 2.24) is 9.97 Å². The molecule has 4 aromatic rings. The molecule has 0 saturated carbocycles. The minimum absolute atomic E-state index is 0.127. The number of para-hydroxylation sites is 2. The molecule has 2 N–H and O–H groups in total. The van der Waals surface area contributed by atoms with Crippen molar-refractivity contribution in [3.05, 3.63) is 82.4 Å². The first-order valence-corrected chi connectivity index (χ1v) is 10.6. The van der Waals surface area contributed by atoms with E-state index >= 15 is 0 Å².